The van der Waals surface area contributed by atoms with Crippen LogP contribution in [-0.2, 0) is 6.54 Å². The van der Waals surface area contributed by atoms with Gasteiger partial charge in [-0.15, -0.1) is 0 Å². The molecule has 0 radical (unpaired) electrons. The fourth-order valence-corrected chi connectivity index (χ4v) is 2.84. The Labute approximate surface area is 131 Å². The summed E-state index contributed by atoms with van der Waals surface area (Å²) < 4.78 is 0.677. The summed E-state index contributed by atoms with van der Waals surface area (Å²) in [5.41, 5.74) is 2.54. The van der Waals surface area contributed by atoms with Crippen LogP contribution in [0.5, 0.6) is 5.75 Å². The molecule has 0 aromatic heterocycles. The first-order chi connectivity index (χ1) is 10.5. The lowest BCUT2D eigenvalue weighted by atomic mass is 10.0. The maximum atomic E-state index is 11.0. The van der Waals surface area contributed by atoms with Crippen LogP contribution in [0.1, 0.15) is 27.5 Å². The fourth-order valence-electron chi connectivity index (χ4n) is 2.84. The van der Waals surface area contributed by atoms with Gasteiger partial charge in [-0.1, -0.05) is 36.9 Å². The van der Waals surface area contributed by atoms with Crippen LogP contribution in [0.15, 0.2) is 61.2 Å². The summed E-state index contributed by atoms with van der Waals surface area (Å²) in [6.07, 6.45) is 2.64. The molecule has 1 N–H and O–H groups in total. The Bertz CT molecular complexity index is 662. The van der Waals surface area contributed by atoms with E-state index in [0.717, 1.165) is 12.1 Å². The molecule has 0 bridgehead atoms. The van der Waals surface area contributed by atoms with Crippen molar-refractivity contribution in [3.63, 3.8) is 0 Å². The molecular weight excluding hydrogens is 274 g/mol. The van der Waals surface area contributed by atoms with E-state index in [-0.39, 0.29) is 11.8 Å². The monoisotopic (exact) mass is 296 g/mol. The van der Waals surface area contributed by atoms with E-state index in [0.29, 0.717) is 16.3 Å². The van der Waals surface area contributed by atoms with E-state index in [1.165, 1.54) is 5.56 Å². The molecule has 0 aliphatic rings. The van der Waals surface area contributed by atoms with Crippen LogP contribution < -0.4 is 0 Å². The van der Waals surface area contributed by atoms with Crippen molar-refractivity contribution in [2.45, 2.75) is 12.6 Å². The van der Waals surface area contributed by atoms with Crippen LogP contribution >= 0.6 is 0 Å². The second-order valence-electron chi connectivity index (χ2n) is 6.04. The number of carbonyl (C=O) groups is 1. The molecular formula is C19H22NO2+. The Morgan fingerprint density at radius 3 is 2.45 bits per heavy atom. The Kier molecular flexibility index (Phi) is 4.78. The predicted molar refractivity (Wildman–Crippen MR) is 88.7 cm³/mol. The van der Waals surface area contributed by atoms with E-state index >= 15 is 0 Å². The molecule has 2 rings (SSSR count). The van der Waals surface area contributed by atoms with Gasteiger partial charge in [-0.2, -0.15) is 0 Å². The predicted octanol–water partition coefficient (Wildman–Crippen LogP) is 3.71. The zero-order chi connectivity index (χ0) is 16.2. The van der Waals surface area contributed by atoms with Crippen LogP contribution in [-0.4, -0.2) is 30.0 Å². The van der Waals surface area contributed by atoms with E-state index < -0.39 is 0 Å². The molecule has 0 heterocycles. The van der Waals surface area contributed by atoms with Gasteiger partial charge in [0.1, 0.15) is 18.3 Å². The third-order valence-corrected chi connectivity index (χ3v) is 3.93. The second-order valence-corrected chi connectivity index (χ2v) is 6.04. The molecule has 1 atom stereocenters. The van der Waals surface area contributed by atoms with Crippen LogP contribution in [0.25, 0.3) is 0 Å². The highest BCUT2D eigenvalue weighted by molar-refractivity contribution is 5.79. The number of benzene rings is 2. The minimum absolute atomic E-state index is 0.0207. The minimum atomic E-state index is 0.0207. The lowest BCUT2D eigenvalue weighted by molar-refractivity contribution is -0.927. The van der Waals surface area contributed by atoms with E-state index in [4.69, 9.17) is 0 Å². The van der Waals surface area contributed by atoms with Crippen LogP contribution in [0.3, 0.4) is 0 Å². The topological polar surface area (TPSA) is 37.3 Å². The fraction of sp³-hybridized carbons (Fsp3) is 0.211. The number of aldehydes is 1. The van der Waals surface area contributed by atoms with E-state index in [2.05, 4.69) is 32.8 Å². The van der Waals surface area contributed by atoms with Gasteiger partial charge >= 0.3 is 0 Å². The highest BCUT2D eigenvalue weighted by Crippen LogP contribution is 2.29. The molecule has 22 heavy (non-hydrogen) atoms. The average Bonchev–Trinajstić information content (AvgIpc) is 2.50. The van der Waals surface area contributed by atoms with Crippen LogP contribution in [0.2, 0.25) is 0 Å². The molecule has 0 fully saturated rings. The first-order valence-electron chi connectivity index (χ1n) is 7.25. The summed E-state index contributed by atoms with van der Waals surface area (Å²) in [6.45, 7) is 4.71. The zero-order valence-electron chi connectivity index (χ0n) is 13.1. The number of hydrogen-bond acceptors (Lipinski definition) is 2. The lowest BCUT2D eigenvalue weighted by Gasteiger charge is -2.37. The Morgan fingerprint density at radius 2 is 1.86 bits per heavy atom. The first kappa shape index (κ1) is 16.0. The summed E-state index contributed by atoms with van der Waals surface area (Å²) in [7, 11) is 4.26. The SMILES string of the molecule is C=CC(c1ccccc1)[N+](C)(C)Cc1ccc(O)c(C=O)c1. The Hall–Kier alpha value is -2.39. The minimum Gasteiger partial charge on any atom is -0.507 e. The van der Waals surface area contributed by atoms with Crippen molar-refractivity contribution in [3.8, 4) is 5.75 Å². The summed E-state index contributed by atoms with van der Waals surface area (Å²) in [4.78, 5) is 11.0. The molecule has 0 aliphatic heterocycles. The van der Waals surface area contributed by atoms with Gasteiger partial charge in [0.05, 0.1) is 19.7 Å². The van der Waals surface area contributed by atoms with Crippen molar-refractivity contribution in [3.05, 3.63) is 77.9 Å². The molecule has 0 amide bonds. The number of phenols is 1. The molecule has 0 saturated heterocycles. The van der Waals surface area contributed by atoms with Gasteiger partial charge in [-0.05, 0) is 24.3 Å². The first-order valence-corrected chi connectivity index (χ1v) is 7.25. The zero-order valence-corrected chi connectivity index (χ0v) is 13.1. The van der Waals surface area contributed by atoms with Crippen molar-refractivity contribution >= 4 is 6.29 Å². The number of aromatic hydroxyl groups is 1. The number of nitrogens with zero attached hydrogens (tertiary/aromatic N) is 1. The largest absolute Gasteiger partial charge is 0.507 e. The van der Waals surface area contributed by atoms with Crippen LogP contribution in [0.4, 0.5) is 0 Å². The number of hydrogen-bond donors (Lipinski definition) is 1. The molecule has 0 saturated carbocycles. The van der Waals surface area contributed by atoms with E-state index in [1.807, 2.05) is 30.3 Å². The summed E-state index contributed by atoms with van der Waals surface area (Å²) in [5, 5.41) is 9.61. The van der Waals surface area contributed by atoms with Crippen molar-refractivity contribution in [1.82, 2.24) is 0 Å². The summed E-state index contributed by atoms with van der Waals surface area (Å²) in [6, 6.07) is 15.6. The average molecular weight is 296 g/mol. The van der Waals surface area contributed by atoms with Crippen molar-refractivity contribution in [1.29, 1.82) is 0 Å². The highest BCUT2D eigenvalue weighted by atomic mass is 16.3. The van der Waals surface area contributed by atoms with E-state index in [1.54, 1.807) is 12.1 Å². The third-order valence-electron chi connectivity index (χ3n) is 3.93. The number of carbonyl (C=O) groups excluding carboxylic acids is 1. The summed E-state index contributed by atoms with van der Waals surface area (Å²) in [5.74, 6) is 0.0207. The number of rotatable bonds is 6. The molecule has 0 aliphatic carbocycles. The smallest absolute Gasteiger partial charge is 0.153 e. The Balaban J connectivity index is 2.29. The van der Waals surface area contributed by atoms with Crippen molar-refractivity contribution < 1.29 is 14.4 Å². The van der Waals surface area contributed by atoms with Gasteiger partial charge in [0.15, 0.2) is 6.29 Å². The van der Waals surface area contributed by atoms with Gasteiger partial charge < -0.3 is 9.59 Å². The molecule has 2 aromatic carbocycles. The molecule has 114 valence electrons. The number of phenolic OH excluding ortho intramolecular Hbond substituents is 1. The highest BCUT2D eigenvalue weighted by Gasteiger charge is 2.27. The molecule has 3 nitrogen and oxygen atoms in total. The normalized spacial score (nSPS) is 12.6. The number of quaternary nitrogens is 1. The van der Waals surface area contributed by atoms with Crippen molar-refractivity contribution in [2.24, 2.45) is 0 Å². The van der Waals surface area contributed by atoms with E-state index in [9.17, 15) is 9.90 Å². The molecule has 2 aromatic rings. The quantitative estimate of drug-likeness (QED) is 0.501. The van der Waals surface area contributed by atoms with Crippen molar-refractivity contribution in [2.75, 3.05) is 14.1 Å². The molecule has 0 spiro atoms. The second kappa shape index (κ2) is 6.58. The maximum absolute atomic E-state index is 11.0. The number of likely N-dealkylation sites (N-methyl/N-ethyl adjacent to an activating group) is 1. The standard InChI is InChI=1S/C19H21NO2/c1-4-18(16-8-6-5-7-9-16)20(2,3)13-15-10-11-19(22)17(12-15)14-21/h4-12,14,18H,1,13H2,2-3H3/p+1. The Morgan fingerprint density at radius 1 is 1.18 bits per heavy atom. The van der Waals surface area contributed by atoms with Gasteiger partial charge in [0, 0.05) is 11.1 Å². The van der Waals surface area contributed by atoms with Gasteiger partial charge in [-0.25, -0.2) is 0 Å². The maximum Gasteiger partial charge on any atom is 0.153 e. The molecule has 1 unspecified atom stereocenters. The van der Waals surface area contributed by atoms with Gasteiger partial charge in [-0.3, -0.25) is 4.79 Å². The van der Waals surface area contributed by atoms with Gasteiger partial charge in [0.2, 0.25) is 0 Å². The summed E-state index contributed by atoms with van der Waals surface area (Å²) >= 11 is 0. The lowest BCUT2D eigenvalue weighted by Crippen LogP contribution is -2.41. The van der Waals surface area contributed by atoms with Gasteiger partial charge in [0.25, 0.3) is 0 Å². The van der Waals surface area contributed by atoms with Crippen LogP contribution in [0, 0.1) is 0 Å². The third kappa shape index (κ3) is 3.43. The molecule has 3 heteroatoms.